The van der Waals surface area contributed by atoms with Gasteiger partial charge in [-0.05, 0) is 25.5 Å². The van der Waals surface area contributed by atoms with E-state index in [4.69, 9.17) is 5.11 Å². The summed E-state index contributed by atoms with van der Waals surface area (Å²) in [5, 5.41) is 11.3. The molecule has 1 amide bonds. The largest absolute Gasteiger partial charge is 0.480 e. The molecule has 0 aliphatic rings. The Hall–Kier alpha value is -2.09. The van der Waals surface area contributed by atoms with E-state index < -0.39 is 27.9 Å². The van der Waals surface area contributed by atoms with Gasteiger partial charge >= 0.3 is 5.97 Å². The third kappa shape index (κ3) is 4.75. The van der Waals surface area contributed by atoms with Crippen LogP contribution in [0.1, 0.15) is 30.6 Å². The van der Waals surface area contributed by atoms with Gasteiger partial charge in [-0.3, -0.25) is 9.52 Å². The first kappa shape index (κ1) is 17.0. The molecular weight excluding hydrogens is 296 g/mol. The molecule has 0 fully saturated rings. The Bertz CT molecular complexity index is 627. The molecule has 7 nitrogen and oxygen atoms in total. The van der Waals surface area contributed by atoms with Gasteiger partial charge in [0.2, 0.25) is 10.0 Å². The number of carbonyl (C=O) groups excluding carboxylic acids is 1. The molecule has 0 heterocycles. The smallest absolute Gasteiger partial charge is 0.326 e. The van der Waals surface area contributed by atoms with Crippen LogP contribution in [0.15, 0.2) is 24.3 Å². The summed E-state index contributed by atoms with van der Waals surface area (Å²) in [5.74, 6) is -1.91. The van der Waals surface area contributed by atoms with Crippen molar-refractivity contribution in [2.75, 3.05) is 10.5 Å². The standard InChI is InChI=1S/C13H18N2O5S/c1-3-10(13(17)18)14-12(16)9-7-5-6-8-11(9)15-21(19,20)4-2/h5-8,10,15H,3-4H2,1-2H3,(H,14,16)(H,17,18). The van der Waals surface area contributed by atoms with Crippen LogP contribution in [0.4, 0.5) is 5.69 Å². The zero-order chi connectivity index (χ0) is 16.0. The Morgan fingerprint density at radius 3 is 2.38 bits per heavy atom. The highest BCUT2D eigenvalue weighted by Gasteiger charge is 2.21. The molecule has 0 radical (unpaired) electrons. The van der Waals surface area contributed by atoms with Crippen molar-refractivity contribution in [3.8, 4) is 0 Å². The SMILES string of the molecule is CCC(NC(=O)c1ccccc1NS(=O)(=O)CC)C(=O)O. The summed E-state index contributed by atoms with van der Waals surface area (Å²) >= 11 is 0. The van der Waals surface area contributed by atoms with Gasteiger partial charge in [-0.2, -0.15) is 0 Å². The molecule has 0 aliphatic carbocycles. The average molecular weight is 314 g/mol. The van der Waals surface area contributed by atoms with E-state index in [0.29, 0.717) is 0 Å². The second-order valence-corrected chi connectivity index (χ2v) is 6.33. The lowest BCUT2D eigenvalue weighted by Crippen LogP contribution is -2.40. The molecule has 21 heavy (non-hydrogen) atoms. The molecule has 116 valence electrons. The van der Waals surface area contributed by atoms with Gasteiger partial charge in [0.1, 0.15) is 6.04 Å². The maximum absolute atomic E-state index is 12.1. The van der Waals surface area contributed by atoms with Gasteiger partial charge < -0.3 is 10.4 Å². The van der Waals surface area contributed by atoms with Crippen molar-refractivity contribution in [2.24, 2.45) is 0 Å². The minimum atomic E-state index is -3.53. The van der Waals surface area contributed by atoms with E-state index >= 15 is 0 Å². The number of carboxylic acid groups (broad SMARTS) is 1. The van der Waals surface area contributed by atoms with E-state index in [2.05, 4.69) is 10.0 Å². The lowest BCUT2D eigenvalue weighted by Gasteiger charge is -2.15. The summed E-state index contributed by atoms with van der Waals surface area (Å²) in [6.45, 7) is 3.10. The summed E-state index contributed by atoms with van der Waals surface area (Å²) in [7, 11) is -3.53. The van der Waals surface area contributed by atoms with Crippen LogP contribution in [0.25, 0.3) is 0 Å². The molecule has 3 N–H and O–H groups in total. The highest BCUT2D eigenvalue weighted by atomic mass is 32.2. The predicted molar refractivity (Wildman–Crippen MR) is 78.7 cm³/mol. The van der Waals surface area contributed by atoms with Crippen molar-refractivity contribution >= 4 is 27.6 Å². The molecule has 0 saturated heterocycles. The first-order valence-electron chi connectivity index (χ1n) is 6.44. The van der Waals surface area contributed by atoms with Gasteiger partial charge in [-0.25, -0.2) is 13.2 Å². The Labute approximate surface area is 123 Å². The second kappa shape index (κ2) is 7.07. The zero-order valence-corrected chi connectivity index (χ0v) is 12.6. The van der Waals surface area contributed by atoms with Gasteiger partial charge in [0.15, 0.2) is 0 Å². The third-order valence-corrected chi connectivity index (χ3v) is 4.12. The fourth-order valence-electron chi connectivity index (χ4n) is 1.58. The highest BCUT2D eigenvalue weighted by molar-refractivity contribution is 7.92. The number of carbonyl (C=O) groups is 2. The number of benzene rings is 1. The zero-order valence-electron chi connectivity index (χ0n) is 11.8. The van der Waals surface area contributed by atoms with Crippen molar-refractivity contribution in [1.29, 1.82) is 0 Å². The number of para-hydroxylation sites is 1. The van der Waals surface area contributed by atoms with Crippen LogP contribution >= 0.6 is 0 Å². The molecule has 1 atom stereocenters. The number of nitrogens with one attached hydrogen (secondary N) is 2. The molecule has 0 bridgehead atoms. The number of rotatable bonds is 7. The molecule has 0 aliphatic heterocycles. The number of anilines is 1. The van der Waals surface area contributed by atoms with E-state index in [-0.39, 0.29) is 23.4 Å². The number of hydrogen-bond donors (Lipinski definition) is 3. The van der Waals surface area contributed by atoms with E-state index in [1.165, 1.54) is 19.1 Å². The van der Waals surface area contributed by atoms with Gasteiger partial charge in [0.25, 0.3) is 5.91 Å². The van der Waals surface area contributed by atoms with Crippen molar-refractivity contribution in [2.45, 2.75) is 26.3 Å². The fourth-order valence-corrected chi connectivity index (χ4v) is 2.24. The minimum Gasteiger partial charge on any atom is -0.480 e. The first-order chi connectivity index (χ1) is 9.80. The van der Waals surface area contributed by atoms with E-state index in [0.717, 1.165) is 0 Å². The predicted octanol–water partition coefficient (Wildman–Crippen LogP) is 1.04. The fraction of sp³-hybridized carbons (Fsp3) is 0.385. The van der Waals surface area contributed by atoms with E-state index in [1.807, 2.05) is 0 Å². The molecule has 0 saturated carbocycles. The van der Waals surface area contributed by atoms with Crippen molar-refractivity contribution in [3.63, 3.8) is 0 Å². The summed E-state index contributed by atoms with van der Waals surface area (Å²) in [4.78, 5) is 23.0. The maximum Gasteiger partial charge on any atom is 0.326 e. The van der Waals surface area contributed by atoms with Crippen molar-refractivity contribution < 1.29 is 23.1 Å². The highest BCUT2D eigenvalue weighted by Crippen LogP contribution is 2.17. The number of carboxylic acids is 1. The molecule has 8 heteroatoms. The Kier molecular flexibility index (Phi) is 5.71. The first-order valence-corrected chi connectivity index (χ1v) is 8.09. The van der Waals surface area contributed by atoms with Gasteiger partial charge in [-0.1, -0.05) is 19.1 Å². The Morgan fingerprint density at radius 2 is 1.86 bits per heavy atom. The molecule has 0 spiro atoms. The number of amides is 1. The van der Waals surface area contributed by atoms with E-state index in [9.17, 15) is 18.0 Å². The molecule has 0 aromatic heterocycles. The lowest BCUT2D eigenvalue weighted by molar-refractivity contribution is -0.139. The average Bonchev–Trinajstić information content (AvgIpc) is 2.44. The molecular formula is C13H18N2O5S. The summed E-state index contributed by atoms with van der Waals surface area (Å²) in [5.41, 5.74) is 0.200. The second-order valence-electron chi connectivity index (χ2n) is 4.32. The Morgan fingerprint density at radius 1 is 1.24 bits per heavy atom. The van der Waals surface area contributed by atoms with Crippen molar-refractivity contribution in [1.82, 2.24) is 5.32 Å². The van der Waals surface area contributed by atoms with Crippen molar-refractivity contribution in [3.05, 3.63) is 29.8 Å². The molecule has 1 aromatic carbocycles. The van der Waals surface area contributed by atoms with Gasteiger partial charge in [0, 0.05) is 0 Å². The maximum atomic E-state index is 12.1. The lowest BCUT2D eigenvalue weighted by atomic mass is 10.1. The molecule has 1 rings (SSSR count). The monoisotopic (exact) mass is 314 g/mol. The topological polar surface area (TPSA) is 113 Å². The third-order valence-electron chi connectivity index (χ3n) is 2.83. The summed E-state index contributed by atoms with van der Waals surface area (Å²) in [6.07, 6.45) is 0.226. The number of hydrogen-bond acceptors (Lipinski definition) is 4. The van der Waals surface area contributed by atoms with E-state index in [1.54, 1.807) is 19.1 Å². The van der Waals surface area contributed by atoms with Crippen LogP contribution in [-0.2, 0) is 14.8 Å². The van der Waals surface area contributed by atoms with Crippen LogP contribution < -0.4 is 10.0 Å². The number of aliphatic carboxylic acids is 1. The van der Waals surface area contributed by atoms with Gasteiger partial charge in [-0.15, -0.1) is 0 Å². The number of sulfonamides is 1. The quantitative estimate of drug-likeness (QED) is 0.696. The summed E-state index contributed by atoms with van der Waals surface area (Å²) < 4.78 is 25.5. The summed E-state index contributed by atoms with van der Waals surface area (Å²) in [6, 6.07) is 5.01. The van der Waals surface area contributed by atoms with Crippen LogP contribution in [0.3, 0.4) is 0 Å². The van der Waals surface area contributed by atoms with Crippen LogP contribution in [0.5, 0.6) is 0 Å². The van der Waals surface area contributed by atoms with Crippen LogP contribution in [-0.4, -0.2) is 37.2 Å². The van der Waals surface area contributed by atoms with Crippen LogP contribution in [0.2, 0.25) is 0 Å². The van der Waals surface area contributed by atoms with Gasteiger partial charge in [0.05, 0.1) is 17.0 Å². The Balaban J connectivity index is 3.03. The molecule has 1 unspecified atom stereocenters. The minimum absolute atomic E-state index is 0.0780. The van der Waals surface area contributed by atoms with Crippen LogP contribution in [0, 0.1) is 0 Å². The normalized spacial score (nSPS) is 12.5. The molecule has 1 aromatic rings.